The van der Waals surface area contributed by atoms with Crippen molar-refractivity contribution in [2.45, 2.75) is 64.9 Å². The molecule has 1 N–H and O–H groups in total. The number of amides is 1. The molecule has 8 heteroatoms. The van der Waals surface area contributed by atoms with Gasteiger partial charge in [-0.3, -0.25) is 9.69 Å². The third-order valence-corrected chi connectivity index (χ3v) is 4.54. The number of Topliss-reactive ketones (excluding diaryl/α,β-unsaturated/α-hetero) is 1. The van der Waals surface area contributed by atoms with E-state index in [1.807, 2.05) is 0 Å². The van der Waals surface area contributed by atoms with Crippen LogP contribution in [0.15, 0.2) is 36.1 Å². The molecule has 2 atom stereocenters. The molecule has 0 aliphatic heterocycles. The van der Waals surface area contributed by atoms with Crippen LogP contribution in [0.3, 0.4) is 0 Å². The Balaban J connectivity index is 2.60. The van der Waals surface area contributed by atoms with Gasteiger partial charge < -0.3 is 19.3 Å². The fourth-order valence-corrected chi connectivity index (χ4v) is 3.29. The molecule has 2 rings (SSSR count). The molecule has 1 aromatic carbocycles. The van der Waals surface area contributed by atoms with E-state index in [0.29, 0.717) is 5.56 Å². The Morgan fingerprint density at radius 2 is 1.74 bits per heavy atom. The van der Waals surface area contributed by atoms with E-state index in [1.54, 1.807) is 71.9 Å². The van der Waals surface area contributed by atoms with Gasteiger partial charge in [-0.25, -0.2) is 9.59 Å². The fourth-order valence-electron chi connectivity index (χ4n) is 3.29. The van der Waals surface area contributed by atoms with Crippen LogP contribution in [-0.2, 0) is 23.8 Å². The molecule has 0 heterocycles. The van der Waals surface area contributed by atoms with Gasteiger partial charge in [-0.2, -0.15) is 0 Å². The molecule has 170 valence electrons. The zero-order valence-corrected chi connectivity index (χ0v) is 19.1. The second-order valence-electron chi connectivity index (χ2n) is 8.58. The monoisotopic (exact) mass is 433 g/mol. The quantitative estimate of drug-likeness (QED) is 0.660. The van der Waals surface area contributed by atoms with E-state index in [9.17, 15) is 19.5 Å². The molecule has 0 radical (unpaired) electrons. The summed E-state index contributed by atoms with van der Waals surface area (Å²) in [6.45, 7) is 10.1. The molecule has 0 aromatic heterocycles. The number of rotatable bonds is 7. The number of esters is 1. The number of carbonyl (C=O) groups is 3. The zero-order chi connectivity index (χ0) is 23.6. The molecule has 1 aliphatic carbocycles. The van der Waals surface area contributed by atoms with Gasteiger partial charge in [-0.05, 0) is 47.1 Å². The zero-order valence-electron chi connectivity index (χ0n) is 19.1. The average molecular weight is 434 g/mol. The van der Waals surface area contributed by atoms with Crippen molar-refractivity contribution in [3.8, 4) is 0 Å². The summed E-state index contributed by atoms with van der Waals surface area (Å²) in [7, 11) is 1.27. The lowest BCUT2D eigenvalue weighted by atomic mass is 9.70. The van der Waals surface area contributed by atoms with E-state index < -0.39 is 41.2 Å². The van der Waals surface area contributed by atoms with Gasteiger partial charge in [-0.15, -0.1) is 0 Å². The van der Waals surface area contributed by atoms with E-state index in [0.717, 1.165) is 4.90 Å². The van der Waals surface area contributed by atoms with Gasteiger partial charge >= 0.3 is 12.1 Å². The first-order chi connectivity index (χ1) is 14.3. The molecule has 1 aromatic rings. The number of benzene rings is 1. The molecule has 2 unspecified atom stereocenters. The van der Waals surface area contributed by atoms with Crippen molar-refractivity contribution >= 4 is 23.4 Å². The van der Waals surface area contributed by atoms with Crippen molar-refractivity contribution in [3.05, 3.63) is 41.7 Å². The van der Waals surface area contributed by atoms with Gasteiger partial charge in [0.15, 0.2) is 11.8 Å². The van der Waals surface area contributed by atoms with Crippen molar-refractivity contribution in [1.29, 1.82) is 0 Å². The Hall–Kier alpha value is -2.87. The fraction of sp³-hybridized carbons (Fsp3) is 0.522. The second-order valence-corrected chi connectivity index (χ2v) is 8.58. The van der Waals surface area contributed by atoms with Gasteiger partial charge in [0.2, 0.25) is 11.4 Å². The van der Waals surface area contributed by atoms with Gasteiger partial charge in [0.25, 0.3) is 0 Å². The van der Waals surface area contributed by atoms with Gasteiger partial charge in [0.05, 0.1) is 18.3 Å². The predicted octanol–water partition coefficient (Wildman–Crippen LogP) is 2.94. The first-order valence-electron chi connectivity index (χ1n) is 10.2. The maximum absolute atomic E-state index is 13.3. The minimum Gasteiger partial charge on any atom is -0.491 e. The first-order valence-corrected chi connectivity index (χ1v) is 10.2. The third kappa shape index (κ3) is 4.90. The van der Waals surface area contributed by atoms with E-state index in [-0.39, 0.29) is 17.9 Å². The van der Waals surface area contributed by atoms with Crippen molar-refractivity contribution in [2.75, 3.05) is 13.7 Å². The number of ether oxygens (including phenoxy) is 3. The summed E-state index contributed by atoms with van der Waals surface area (Å²) in [4.78, 5) is 39.7. The summed E-state index contributed by atoms with van der Waals surface area (Å²) >= 11 is 0. The Labute approximate surface area is 182 Å². The number of nitrogens with zero attached hydrogens (tertiary/aromatic N) is 1. The highest BCUT2D eigenvalue weighted by Crippen LogP contribution is 2.46. The molecule has 31 heavy (non-hydrogen) atoms. The van der Waals surface area contributed by atoms with E-state index in [1.165, 1.54) is 7.05 Å². The summed E-state index contributed by atoms with van der Waals surface area (Å²) in [5.41, 5.74) is -2.56. The predicted molar refractivity (Wildman–Crippen MR) is 114 cm³/mol. The van der Waals surface area contributed by atoms with Crippen LogP contribution >= 0.6 is 0 Å². The minimum atomic E-state index is -2.41. The molecule has 0 spiro atoms. The molecule has 1 amide bonds. The number of aliphatic hydroxyl groups is 1. The number of likely N-dealkylation sites (N-methyl/N-ethyl adjacent to an activating group) is 1. The lowest BCUT2D eigenvalue weighted by Crippen LogP contribution is -2.67. The smallest absolute Gasteiger partial charge is 0.410 e. The summed E-state index contributed by atoms with van der Waals surface area (Å²) in [6, 6.07) is 7.00. The summed E-state index contributed by atoms with van der Waals surface area (Å²) in [5, 5.41) is 11.5. The highest BCUT2D eigenvalue weighted by Gasteiger charge is 2.65. The number of ketones is 1. The van der Waals surface area contributed by atoms with Crippen LogP contribution in [0.5, 0.6) is 0 Å². The van der Waals surface area contributed by atoms with Crippen molar-refractivity contribution < 1.29 is 33.7 Å². The molecular formula is C23H31NO7. The maximum atomic E-state index is 13.3. The standard InChI is InChI=1S/C23H31NO7/c1-8-29-20(26)17(24(7)21(27)31-22(4,5)6)23(28)18(25)16(19(23)30-14(2)3)15-12-10-9-11-13-15/h9-14,17,28H,8H2,1-7H3. The molecule has 0 fully saturated rings. The second kappa shape index (κ2) is 9.09. The van der Waals surface area contributed by atoms with Crippen LogP contribution < -0.4 is 0 Å². The number of hydrogen-bond acceptors (Lipinski definition) is 7. The van der Waals surface area contributed by atoms with E-state index >= 15 is 0 Å². The summed E-state index contributed by atoms with van der Waals surface area (Å²) in [5.74, 6) is -1.75. The Morgan fingerprint density at radius 3 is 2.23 bits per heavy atom. The molecular weight excluding hydrogens is 402 g/mol. The van der Waals surface area contributed by atoms with Crippen LogP contribution in [0.1, 0.15) is 47.1 Å². The molecule has 8 nitrogen and oxygen atoms in total. The Bertz CT molecular complexity index is 870. The summed E-state index contributed by atoms with van der Waals surface area (Å²) in [6.07, 6.45) is -1.29. The van der Waals surface area contributed by atoms with Gasteiger partial charge in [0.1, 0.15) is 5.60 Å². The largest absolute Gasteiger partial charge is 0.491 e. The Morgan fingerprint density at radius 1 is 1.16 bits per heavy atom. The normalized spacial score (nSPS) is 19.6. The molecule has 0 saturated heterocycles. The van der Waals surface area contributed by atoms with Crippen molar-refractivity contribution in [3.63, 3.8) is 0 Å². The lowest BCUT2D eigenvalue weighted by molar-refractivity contribution is -0.168. The van der Waals surface area contributed by atoms with Crippen molar-refractivity contribution in [1.82, 2.24) is 4.90 Å². The van der Waals surface area contributed by atoms with Crippen LogP contribution in [0, 0.1) is 0 Å². The van der Waals surface area contributed by atoms with E-state index in [2.05, 4.69) is 0 Å². The van der Waals surface area contributed by atoms with Crippen LogP contribution in [0.4, 0.5) is 4.79 Å². The van der Waals surface area contributed by atoms with Gasteiger partial charge in [0, 0.05) is 7.05 Å². The van der Waals surface area contributed by atoms with Crippen molar-refractivity contribution in [2.24, 2.45) is 0 Å². The Kier molecular flexibility index (Phi) is 7.16. The minimum absolute atomic E-state index is 0.00259. The maximum Gasteiger partial charge on any atom is 0.410 e. The van der Waals surface area contributed by atoms with Crippen LogP contribution in [-0.4, -0.2) is 64.9 Å². The average Bonchev–Trinajstić information content (AvgIpc) is 2.67. The lowest BCUT2D eigenvalue weighted by Gasteiger charge is -2.46. The number of hydrogen-bond donors (Lipinski definition) is 1. The van der Waals surface area contributed by atoms with Gasteiger partial charge in [-0.1, -0.05) is 30.3 Å². The number of carbonyl (C=O) groups excluding carboxylic acids is 3. The molecule has 0 saturated carbocycles. The highest BCUT2D eigenvalue weighted by molar-refractivity contribution is 6.35. The molecule has 1 aliphatic rings. The SMILES string of the molecule is CCOC(=O)C(N(C)C(=O)OC(C)(C)C)C1(O)C(=O)C(c2ccccc2)=C1OC(C)C. The highest BCUT2D eigenvalue weighted by atomic mass is 16.6. The van der Waals surface area contributed by atoms with E-state index in [4.69, 9.17) is 14.2 Å². The van der Waals surface area contributed by atoms with Crippen LogP contribution in [0.25, 0.3) is 5.57 Å². The molecule has 0 bridgehead atoms. The summed E-state index contributed by atoms with van der Waals surface area (Å²) < 4.78 is 16.2. The topological polar surface area (TPSA) is 102 Å². The third-order valence-electron chi connectivity index (χ3n) is 4.54. The van der Waals surface area contributed by atoms with Crippen LogP contribution in [0.2, 0.25) is 0 Å². The first kappa shape index (κ1) is 24.4.